The third-order valence-corrected chi connectivity index (χ3v) is 3.88. The van der Waals surface area contributed by atoms with Gasteiger partial charge in [-0.3, -0.25) is 4.98 Å². The van der Waals surface area contributed by atoms with Gasteiger partial charge in [-0.1, -0.05) is 11.6 Å². The summed E-state index contributed by atoms with van der Waals surface area (Å²) in [4.78, 5) is 4.38. The standard InChI is InChI=1S/C15H17ClN2O/c16-13-5-6-14(15-12(13)4-2-8-18-15)19-10-11-3-1-7-17-9-11/h2,4-6,8,11,17H,1,3,7,9-10H2. The summed E-state index contributed by atoms with van der Waals surface area (Å²) in [6.07, 6.45) is 4.23. The Balaban J connectivity index is 1.79. The van der Waals surface area contributed by atoms with Crippen LogP contribution < -0.4 is 10.1 Å². The van der Waals surface area contributed by atoms with Crippen molar-refractivity contribution in [3.63, 3.8) is 0 Å². The van der Waals surface area contributed by atoms with Crippen LogP contribution in [0.4, 0.5) is 0 Å². The highest BCUT2D eigenvalue weighted by Gasteiger charge is 2.14. The van der Waals surface area contributed by atoms with Crippen molar-refractivity contribution in [3.8, 4) is 5.75 Å². The Morgan fingerprint density at radius 2 is 2.32 bits per heavy atom. The minimum atomic E-state index is 0.586. The zero-order valence-electron chi connectivity index (χ0n) is 10.7. The van der Waals surface area contributed by atoms with Gasteiger partial charge in [0.15, 0.2) is 0 Å². The highest BCUT2D eigenvalue weighted by atomic mass is 35.5. The van der Waals surface area contributed by atoms with Gasteiger partial charge < -0.3 is 10.1 Å². The third kappa shape index (κ3) is 2.82. The Morgan fingerprint density at radius 3 is 3.16 bits per heavy atom. The lowest BCUT2D eigenvalue weighted by atomic mass is 10.0. The van der Waals surface area contributed by atoms with Gasteiger partial charge in [0.25, 0.3) is 0 Å². The Kier molecular flexibility index (Phi) is 3.85. The van der Waals surface area contributed by atoms with Crippen LogP contribution in [0, 0.1) is 5.92 Å². The lowest BCUT2D eigenvalue weighted by Gasteiger charge is -2.23. The SMILES string of the molecule is Clc1ccc(OCC2CCCNC2)c2ncccc12. The Hall–Kier alpha value is -1.32. The number of nitrogens with one attached hydrogen (secondary N) is 1. The van der Waals surface area contributed by atoms with Crippen LogP contribution in [-0.2, 0) is 0 Å². The highest BCUT2D eigenvalue weighted by Crippen LogP contribution is 2.30. The molecule has 1 aliphatic heterocycles. The molecule has 2 heterocycles. The van der Waals surface area contributed by atoms with Crippen LogP contribution in [0.3, 0.4) is 0 Å². The lowest BCUT2D eigenvalue weighted by molar-refractivity contribution is 0.220. The van der Waals surface area contributed by atoms with Gasteiger partial charge in [0.2, 0.25) is 0 Å². The van der Waals surface area contributed by atoms with E-state index in [1.54, 1.807) is 6.20 Å². The topological polar surface area (TPSA) is 34.1 Å². The van der Waals surface area contributed by atoms with Crippen LogP contribution in [0.25, 0.3) is 10.9 Å². The number of hydrogen-bond acceptors (Lipinski definition) is 3. The Bertz CT molecular complexity index is 567. The zero-order valence-corrected chi connectivity index (χ0v) is 11.5. The van der Waals surface area contributed by atoms with Gasteiger partial charge in [-0.15, -0.1) is 0 Å². The van der Waals surface area contributed by atoms with Crippen LogP contribution in [0.2, 0.25) is 5.02 Å². The molecule has 3 nitrogen and oxygen atoms in total. The summed E-state index contributed by atoms with van der Waals surface area (Å²) in [5.41, 5.74) is 0.846. The predicted molar refractivity (Wildman–Crippen MR) is 77.8 cm³/mol. The molecule has 0 spiro atoms. The summed E-state index contributed by atoms with van der Waals surface area (Å²) >= 11 is 6.17. The Morgan fingerprint density at radius 1 is 1.37 bits per heavy atom. The zero-order chi connectivity index (χ0) is 13.1. The molecule has 0 amide bonds. The van der Waals surface area contributed by atoms with Crippen LogP contribution >= 0.6 is 11.6 Å². The van der Waals surface area contributed by atoms with Gasteiger partial charge in [-0.2, -0.15) is 0 Å². The van der Waals surface area contributed by atoms with Crippen molar-refractivity contribution >= 4 is 22.5 Å². The molecule has 0 radical (unpaired) electrons. The van der Waals surface area contributed by atoms with Crippen LogP contribution in [0.15, 0.2) is 30.5 Å². The van der Waals surface area contributed by atoms with Crippen molar-refractivity contribution in [2.24, 2.45) is 5.92 Å². The van der Waals surface area contributed by atoms with Crippen molar-refractivity contribution in [1.29, 1.82) is 0 Å². The second-order valence-electron chi connectivity index (χ2n) is 4.97. The fourth-order valence-corrected chi connectivity index (χ4v) is 2.72. The maximum Gasteiger partial charge on any atom is 0.145 e. The van der Waals surface area contributed by atoms with Crippen molar-refractivity contribution < 1.29 is 4.74 Å². The van der Waals surface area contributed by atoms with Crippen molar-refractivity contribution in [2.75, 3.05) is 19.7 Å². The van der Waals surface area contributed by atoms with E-state index in [-0.39, 0.29) is 0 Å². The van der Waals surface area contributed by atoms with E-state index in [4.69, 9.17) is 16.3 Å². The predicted octanol–water partition coefficient (Wildman–Crippen LogP) is 3.27. The number of fused-ring (bicyclic) bond motifs is 1. The number of pyridine rings is 1. The number of benzene rings is 1. The number of aromatic nitrogens is 1. The van der Waals surface area contributed by atoms with Crippen molar-refractivity contribution in [2.45, 2.75) is 12.8 Å². The molecule has 100 valence electrons. The molecule has 4 heteroatoms. The molecule has 1 saturated heterocycles. The minimum Gasteiger partial charge on any atom is -0.491 e. The second kappa shape index (κ2) is 5.76. The first kappa shape index (κ1) is 12.7. The molecule has 1 fully saturated rings. The molecule has 1 aromatic heterocycles. The summed E-state index contributed by atoms with van der Waals surface area (Å²) in [6.45, 7) is 2.90. The molecular formula is C15H17ClN2O. The number of piperidine rings is 1. The number of nitrogens with zero attached hydrogens (tertiary/aromatic N) is 1. The minimum absolute atomic E-state index is 0.586. The average Bonchev–Trinajstić information content (AvgIpc) is 2.48. The first-order valence-corrected chi connectivity index (χ1v) is 7.09. The highest BCUT2D eigenvalue weighted by molar-refractivity contribution is 6.35. The smallest absolute Gasteiger partial charge is 0.145 e. The van der Waals surface area contributed by atoms with E-state index >= 15 is 0 Å². The van der Waals surface area contributed by atoms with Gasteiger partial charge in [0.1, 0.15) is 11.3 Å². The fraction of sp³-hybridized carbons (Fsp3) is 0.400. The molecule has 1 aromatic carbocycles. The molecule has 1 N–H and O–H groups in total. The molecule has 3 rings (SSSR count). The summed E-state index contributed by atoms with van der Waals surface area (Å²) in [7, 11) is 0. The molecule has 1 atom stereocenters. The first-order chi connectivity index (χ1) is 9.34. The van der Waals surface area contributed by atoms with E-state index in [1.165, 1.54) is 12.8 Å². The number of ether oxygens (including phenoxy) is 1. The van der Waals surface area contributed by atoms with E-state index in [1.807, 2.05) is 24.3 Å². The number of hydrogen-bond donors (Lipinski definition) is 1. The normalized spacial score (nSPS) is 19.5. The molecule has 1 unspecified atom stereocenters. The molecular weight excluding hydrogens is 260 g/mol. The van der Waals surface area contributed by atoms with Crippen LogP contribution in [0.1, 0.15) is 12.8 Å². The van der Waals surface area contributed by atoms with Crippen LogP contribution in [0.5, 0.6) is 5.75 Å². The summed E-state index contributed by atoms with van der Waals surface area (Å²) < 4.78 is 5.95. The van der Waals surface area contributed by atoms with Gasteiger partial charge in [0, 0.05) is 24.0 Å². The summed E-state index contributed by atoms with van der Waals surface area (Å²) in [5.74, 6) is 1.41. The number of halogens is 1. The average molecular weight is 277 g/mol. The monoisotopic (exact) mass is 276 g/mol. The maximum atomic E-state index is 6.17. The van der Waals surface area contributed by atoms with E-state index in [0.717, 1.165) is 41.4 Å². The van der Waals surface area contributed by atoms with Gasteiger partial charge in [-0.25, -0.2) is 0 Å². The van der Waals surface area contributed by atoms with Crippen molar-refractivity contribution in [1.82, 2.24) is 10.3 Å². The van der Waals surface area contributed by atoms with Gasteiger partial charge >= 0.3 is 0 Å². The second-order valence-corrected chi connectivity index (χ2v) is 5.38. The molecule has 0 bridgehead atoms. The first-order valence-electron chi connectivity index (χ1n) is 6.71. The Labute approximate surface area is 117 Å². The third-order valence-electron chi connectivity index (χ3n) is 3.55. The molecule has 2 aromatic rings. The van der Waals surface area contributed by atoms with Crippen LogP contribution in [-0.4, -0.2) is 24.7 Å². The van der Waals surface area contributed by atoms with Crippen molar-refractivity contribution in [3.05, 3.63) is 35.5 Å². The van der Waals surface area contributed by atoms with Gasteiger partial charge in [0.05, 0.1) is 11.6 Å². The van der Waals surface area contributed by atoms with Gasteiger partial charge in [-0.05, 0) is 43.7 Å². The van der Waals surface area contributed by atoms with E-state index in [9.17, 15) is 0 Å². The van der Waals surface area contributed by atoms with E-state index in [2.05, 4.69) is 10.3 Å². The number of rotatable bonds is 3. The largest absolute Gasteiger partial charge is 0.491 e. The molecule has 1 aliphatic rings. The quantitative estimate of drug-likeness (QED) is 0.934. The summed E-state index contributed by atoms with van der Waals surface area (Å²) in [5, 5.41) is 5.07. The van der Waals surface area contributed by atoms with E-state index in [0.29, 0.717) is 5.92 Å². The van der Waals surface area contributed by atoms with E-state index < -0.39 is 0 Å². The lowest BCUT2D eigenvalue weighted by Crippen LogP contribution is -2.33. The summed E-state index contributed by atoms with van der Waals surface area (Å²) in [6, 6.07) is 7.65. The molecule has 0 aliphatic carbocycles. The molecule has 19 heavy (non-hydrogen) atoms. The maximum absolute atomic E-state index is 6.17. The molecule has 0 saturated carbocycles. The fourth-order valence-electron chi connectivity index (χ4n) is 2.50.